The van der Waals surface area contributed by atoms with Gasteiger partial charge in [-0.25, -0.2) is 34.0 Å². The second-order valence-corrected chi connectivity index (χ2v) is 32.2. The van der Waals surface area contributed by atoms with Crippen LogP contribution in [0.5, 0.6) is 0 Å². The summed E-state index contributed by atoms with van der Waals surface area (Å²) in [4.78, 5) is 35.7. The van der Waals surface area contributed by atoms with E-state index >= 15 is 0 Å². The molecule has 0 bridgehead atoms. The summed E-state index contributed by atoms with van der Waals surface area (Å²) < 4.78 is 89.2. The molecular weight excluding hydrogens is 1960 g/mol. The van der Waals surface area contributed by atoms with Crippen molar-refractivity contribution in [1.82, 2.24) is 78.8 Å². The van der Waals surface area contributed by atoms with Gasteiger partial charge in [-0.1, -0.05) is 226 Å². The number of anilines is 7. The molecule has 1 aliphatic rings. The number of hydrogen-bond donors (Lipinski definition) is 1. The Hall–Kier alpha value is -10.9. The van der Waals surface area contributed by atoms with Crippen LogP contribution in [0.3, 0.4) is 0 Å². The van der Waals surface area contributed by atoms with Gasteiger partial charge in [-0.15, -0.1) is 12.1 Å². The molecule has 0 saturated carbocycles. The number of aryl methyl sites for hydroxylation is 3. The summed E-state index contributed by atoms with van der Waals surface area (Å²) >= 11 is 9.76. The van der Waals surface area contributed by atoms with Gasteiger partial charge in [0.1, 0.15) is 37.1 Å². The fourth-order valence-corrected chi connectivity index (χ4v) is 13.8. The molecule has 0 saturated heterocycles. The number of benzene rings is 3. The average Bonchev–Trinajstić information content (AvgIpc) is 0.885. The number of hydrogen-bond acceptors (Lipinski definition) is 15. The molecule has 12 heterocycles. The average molecular weight is 2070 g/mol. The molecule has 31 heteroatoms. The van der Waals surface area contributed by atoms with Crippen molar-refractivity contribution in [3.8, 4) is 29.1 Å². The van der Waals surface area contributed by atoms with Gasteiger partial charge in [0.2, 0.25) is 0 Å². The fourth-order valence-electron chi connectivity index (χ4n) is 12.6. The van der Waals surface area contributed by atoms with Crippen molar-refractivity contribution in [2.45, 2.75) is 173 Å². The Morgan fingerprint density at radius 2 is 0.694 bits per heavy atom. The summed E-state index contributed by atoms with van der Waals surface area (Å²) in [5.41, 5.74) is 17.6. The number of rotatable bonds is 17. The van der Waals surface area contributed by atoms with E-state index in [4.69, 9.17) is 25.7 Å². The molecule has 20 nitrogen and oxygen atoms in total. The minimum absolute atomic E-state index is 0. The van der Waals surface area contributed by atoms with E-state index in [0.29, 0.717) is 46.7 Å². The van der Waals surface area contributed by atoms with Crippen molar-refractivity contribution < 1.29 is 52.1 Å². The summed E-state index contributed by atoms with van der Waals surface area (Å²) in [6, 6.07) is 59.1. The third-order valence-corrected chi connectivity index (χ3v) is 19.8. The fraction of sp³-hybridized carbons (Fsp3) is 0.290. The molecule has 656 valence electrons. The molecule has 2 N–H and O–H groups in total. The molecule has 15 rings (SSSR count). The molecule has 0 fully saturated rings. The van der Waals surface area contributed by atoms with Crippen LogP contribution in [0.25, 0.3) is 29.1 Å². The van der Waals surface area contributed by atoms with Crippen molar-refractivity contribution in [2.75, 3.05) is 22.1 Å². The molecule has 14 aromatic rings. The van der Waals surface area contributed by atoms with Gasteiger partial charge < -0.3 is 15.1 Å². The summed E-state index contributed by atoms with van der Waals surface area (Å²) in [5.74, 6) is 6.31. The molecular formula is C93H104Br3F7N20Pt. The molecule has 3 aromatic carbocycles. The molecule has 0 aliphatic carbocycles. The van der Waals surface area contributed by atoms with Crippen LogP contribution in [-0.2, 0) is 33.4 Å². The van der Waals surface area contributed by atoms with E-state index in [1.807, 2.05) is 153 Å². The topological polar surface area (TPSA) is 211 Å². The SMILES string of the molecule is Brc1cccc(Br)n1.C.C.CC(C)c1cccc(C(C)C)c1N.CC1=NCC=C1.Cc1c[c-]n(-c2cccc(N(c3cccc(-n4[c-]cc(C(F)(F)F)n4)n3)c3c(C(C)C)cccc3C(C)C)n2)n1.Cc1ccn(-c2cccc(Br)n2)n1.Cc1ccn(-c2cccc(N(c3cccc(-n4ccc(C(F)(F)F)n4)n3)c3c(C(C)C)cccc3C(C)C)n2)n1.F.[Pt+2]. The van der Waals surface area contributed by atoms with Gasteiger partial charge in [-0.2, -0.15) is 41.6 Å². The number of nitrogen functional groups attached to an aromatic ring is 1. The van der Waals surface area contributed by atoms with E-state index in [1.165, 1.54) is 17.3 Å². The number of pyridine rings is 6. The number of allylic oxidation sites excluding steroid dienone is 1. The van der Waals surface area contributed by atoms with E-state index < -0.39 is 23.7 Å². The number of para-hydroxylation sites is 3. The van der Waals surface area contributed by atoms with Gasteiger partial charge in [0.15, 0.2) is 23.1 Å². The summed E-state index contributed by atoms with van der Waals surface area (Å²) in [6.45, 7) is 34.3. The Kier molecular flexibility index (Phi) is 37.9. The maximum atomic E-state index is 13.3. The van der Waals surface area contributed by atoms with Crippen LogP contribution in [0.2, 0.25) is 0 Å². The number of aromatic nitrogens is 16. The van der Waals surface area contributed by atoms with Gasteiger partial charge in [0.05, 0.1) is 46.6 Å². The smallest absolute Gasteiger partial charge is 0.398 e. The zero-order valence-electron chi connectivity index (χ0n) is 70.2. The third-order valence-electron chi connectivity index (χ3n) is 18.5. The first kappa shape index (κ1) is 102. The van der Waals surface area contributed by atoms with Crippen LogP contribution in [0, 0.1) is 33.2 Å². The van der Waals surface area contributed by atoms with E-state index in [0.717, 1.165) is 110 Å². The van der Waals surface area contributed by atoms with Crippen LogP contribution in [0.4, 0.5) is 71.4 Å². The van der Waals surface area contributed by atoms with Crippen molar-refractivity contribution in [3.05, 3.63) is 313 Å². The second kappa shape index (κ2) is 46.1. The Morgan fingerprint density at radius 3 is 0.992 bits per heavy atom. The van der Waals surface area contributed by atoms with Gasteiger partial charge in [0.25, 0.3) is 0 Å². The molecule has 0 amide bonds. The number of halogens is 10. The van der Waals surface area contributed by atoms with Crippen LogP contribution >= 0.6 is 47.8 Å². The second-order valence-electron chi connectivity index (χ2n) is 29.8. The van der Waals surface area contributed by atoms with Crippen molar-refractivity contribution >= 4 is 93.8 Å². The summed E-state index contributed by atoms with van der Waals surface area (Å²) in [5, 5.41) is 20.6. The number of nitrogens with two attached hydrogens (primary N) is 1. The van der Waals surface area contributed by atoms with Gasteiger partial charge in [-0.3, -0.25) is 39.7 Å². The molecule has 0 atom stereocenters. The molecule has 0 radical (unpaired) electrons. The largest absolute Gasteiger partial charge is 2.00 e. The Labute approximate surface area is 761 Å². The van der Waals surface area contributed by atoms with Crippen molar-refractivity contribution in [3.63, 3.8) is 0 Å². The number of nitrogens with zero attached hydrogens (tertiary/aromatic N) is 19. The summed E-state index contributed by atoms with van der Waals surface area (Å²) in [6.07, 6.45) is 5.56. The van der Waals surface area contributed by atoms with Crippen LogP contribution in [-0.4, -0.2) is 91.1 Å². The first-order valence-corrected chi connectivity index (χ1v) is 41.3. The maximum Gasteiger partial charge on any atom is 2.00 e. The van der Waals surface area contributed by atoms with Crippen LogP contribution in [0.15, 0.2) is 244 Å². The van der Waals surface area contributed by atoms with Crippen LogP contribution < -0.4 is 15.5 Å². The number of alkyl halides is 6. The summed E-state index contributed by atoms with van der Waals surface area (Å²) in [7, 11) is 0. The first-order chi connectivity index (χ1) is 57.0. The van der Waals surface area contributed by atoms with Crippen LogP contribution in [0.1, 0.15) is 202 Å². The molecule has 0 unspecified atom stereocenters. The minimum Gasteiger partial charge on any atom is -0.398 e. The van der Waals surface area contributed by atoms with E-state index in [1.54, 1.807) is 50.4 Å². The Morgan fingerprint density at radius 1 is 0.371 bits per heavy atom. The molecule has 1 aliphatic heterocycles. The first-order valence-electron chi connectivity index (χ1n) is 38.9. The molecule has 124 heavy (non-hydrogen) atoms. The normalized spacial score (nSPS) is 11.5. The van der Waals surface area contributed by atoms with E-state index in [2.05, 4.69) is 238 Å². The predicted molar refractivity (Wildman–Crippen MR) is 491 cm³/mol. The predicted octanol–water partition coefficient (Wildman–Crippen LogP) is 26.3. The zero-order valence-corrected chi connectivity index (χ0v) is 77.3. The van der Waals surface area contributed by atoms with Gasteiger partial charge in [0, 0.05) is 30.0 Å². The van der Waals surface area contributed by atoms with Crippen molar-refractivity contribution in [2.24, 2.45) is 4.99 Å². The number of aliphatic imine (C=N–C) groups is 1. The van der Waals surface area contributed by atoms with E-state index in [-0.39, 0.29) is 75.9 Å². The quantitative estimate of drug-likeness (QED) is 0.0389. The monoisotopic (exact) mass is 2070 g/mol. The van der Waals surface area contributed by atoms with Gasteiger partial charge in [-0.05, 0) is 228 Å². The van der Waals surface area contributed by atoms with E-state index in [9.17, 15) is 26.3 Å². The third kappa shape index (κ3) is 27.0. The zero-order chi connectivity index (χ0) is 86.9. The Bertz CT molecular complexity index is 5460. The maximum absolute atomic E-state index is 13.3. The minimum atomic E-state index is -4.58. The Balaban J connectivity index is 0.000000260. The van der Waals surface area contributed by atoms with Gasteiger partial charge >= 0.3 is 33.4 Å². The molecule has 0 spiro atoms. The van der Waals surface area contributed by atoms with Crippen molar-refractivity contribution in [1.29, 1.82) is 0 Å². The molecule has 11 aromatic heterocycles. The standard InChI is InChI=1S/C30H30F3N7.C30H28F3N7.C12H19N.C9H8BrN3.C5H3Br2N.C5H7N.2CH4.FH.Pt/c2*1-19(2)22-9-6-10-23(20(3)4)29(22)40(27-13-7-11-25(34-27)38-17-15-21(5)36-38)28-14-8-12-26(35-28)39-18-16-24(37-39)30(31,32)33;1-8(2)10-6-5-7-11(9(3)4)12(10)13;1-7-5-6-13(12-7)9-4-2-3-8(10)11-9;6-4-2-1-3-5(7)8-4;1-5-3-2-4-6-5;;;;/h6-20H,1-5H3;6-16,19-20H,1-5H3;5-9H,13H2,1-4H3;2-6H,1H3;1-3H;2-3H,4H2,1H3;2*1H4;1H;/q;-2;;;;;;;;+2.